The Balaban J connectivity index is 4.19. The lowest BCUT2D eigenvalue weighted by Gasteiger charge is -2.24. The predicted octanol–water partition coefficient (Wildman–Crippen LogP) is 3.48. The van der Waals surface area contributed by atoms with Gasteiger partial charge in [0.2, 0.25) is 0 Å². The lowest BCUT2D eigenvalue weighted by molar-refractivity contribution is -0.149. The van der Waals surface area contributed by atoms with Crippen molar-refractivity contribution in [1.29, 1.82) is 0 Å². The average molecular weight is 257 g/mol. The molecule has 0 aromatic rings. The first-order valence-corrected chi connectivity index (χ1v) is 6.51. The van der Waals surface area contributed by atoms with Gasteiger partial charge in [-0.3, -0.25) is 4.79 Å². The van der Waals surface area contributed by atoms with Crippen LogP contribution in [0.25, 0.3) is 0 Å². The van der Waals surface area contributed by atoms with Crippen LogP contribution < -0.4 is 0 Å². The fraction of sp³-hybridized carbons (Fsp3) is 0.846. The summed E-state index contributed by atoms with van der Waals surface area (Å²) in [7, 11) is 0. The molecule has 0 aliphatic carbocycles. The first-order valence-electron chi connectivity index (χ1n) is 6.11. The average Bonchev–Trinajstić information content (AvgIpc) is 2.21. The summed E-state index contributed by atoms with van der Waals surface area (Å²) >= 11 is 4.44. The van der Waals surface area contributed by atoms with Crippen LogP contribution in [0.15, 0.2) is 4.99 Å². The summed E-state index contributed by atoms with van der Waals surface area (Å²) in [5, 5.41) is 2.25. The third-order valence-corrected chi connectivity index (χ3v) is 2.47. The van der Waals surface area contributed by atoms with Crippen LogP contribution in [0.1, 0.15) is 47.0 Å². The number of esters is 1. The van der Waals surface area contributed by atoms with E-state index in [1.54, 1.807) is 0 Å². The number of ether oxygens (including phenoxy) is 1. The van der Waals surface area contributed by atoms with Crippen LogP contribution in [0.2, 0.25) is 0 Å². The molecule has 0 heterocycles. The summed E-state index contributed by atoms with van der Waals surface area (Å²) in [5.41, 5.74) is 0.144. The number of thiocarbonyl (C=S) groups is 1. The molecule has 0 amide bonds. The number of aliphatic imine (C=N–C) groups is 1. The van der Waals surface area contributed by atoms with Crippen LogP contribution in [0.3, 0.4) is 0 Å². The van der Waals surface area contributed by atoms with Crippen molar-refractivity contribution in [3.05, 3.63) is 0 Å². The summed E-state index contributed by atoms with van der Waals surface area (Å²) < 4.78 is 5.19. The lowest BCUT2D eigenvalue weighted by atomic mass is 9.83. The van der Waals surface area contributed by atoms with Gasteiger partial charge < -0.3 is 4.74 Å². The Bertz CT molecular complexity index is 278. The minimum Gasteiger partial charge on any atom is -0.463 e. The molecule has 0 fully saturated rings. The molecule has 0 radical (unpaired) electrons. The Morgan fingerprint density at radius 1 is 1.47 bits per heavy atom. The molecule has 0 aliphatic heterocycles. The number of isothiocyanates is 1. The third kappa shape index (κ3) is 9.02. The standard InChI is InChI=1S/C13H23NO2S/c1-5-6-11(9-13(2,3)4)12(15)16-8-7-14-10-17/h11H,5-9H2,1-4H3. The van der Waals surface area contributed by atoms with Crippen LogP contribution in [0.4, 0.5) is 0 Å². The fourth-order valence-electron chi connectivity index (χ4n) is 1.75. The molecule has 1 atom stereocenters. The number of nitrogens with zero attached hydrogens (tertiary/aromatic N) is 1. The van der Waals surface area contributed by atoms with Crippen LogP contribution in [0, 0.1) is 11.3 Å². The molecule has 0 saturated carbocycles. The molecule has 0 aliphatic rings. The van der Waals surface area contributed by atoms with Crippen molar-refractivity contribution in [3.63, 3.8) is 0 Å². The summed E-state index contributed by atoms with van der Waals surface area (Å²) in [5.74, 6) is -0.113. The quantitative estimate of drug-likeness (QED) is 0.303. The van der Waals surface area contributed by atoms with E-state index in [-0.39, 0.29) is 17.3 Å². The fourth-order valence-corrected chi connectivity index (χ4v) is 1.84. The molecule has 0 aromatic heterocycles. The van der Waals surface area contributed by atoms with Gasteiger partial charge >= 0.3 is 5.97 Å². The minimum absolute atomic E-state index is 0.00328. The Morgan fingerprint density at radius 2 is 2.12 bits per heavy atom. The second-order valence-corrected chi connectivity index (χ2v) is 5.57. The van der Waals surface area contributed by atoms with E-state index in [0.717, 1.165) is 19.3 Å². The first-order chi connectivity index (χ1) is 7.90. The van der Waals surface area contributed by atoms with Crippen molar-refractivity contribution in [2.24, 2.45) is 16.3 Å². The van der Waals surface area contributed by atoms with Crippen molar-refractivity contribution in [3.8, 4) is 0 Å². The van der Waals surface area contributed by atoms with E-state index < -0.39 is 0 Å². The van der Waals surface area contributed by atoms with Crippen LogP contribution in [-0.2, 0) is 9.53 Å². The Kier molecular flexibility index (Phi) is 8.01. The van der Waals surface area contributed by atoms with Crippen molar-refractivity contribution < 1.29 is 9.53 Å². The molecule has 4 heteroatoms. The Morgan fingerprint density at radius 3 is 2.59 bits per heavy atom. The molecular weight excluding hydrogens is 234 g/mol. The third-order valence-electron chi connectivity index (χ3n) is 2.34. The summed E-state index contributed by atoms with van der Waals surface area (Å²) in [6.45, 7) is 9.20. The smallest absolute Gasteiger partial charge is 0.309 e. The zero-order valence-corrected chi connectivity index (χ0v) is 12.1. The maximum Gasteiger partial charge on any atom is 0.309 e. The van der Waals surface area contributed by atoms with Gasteiger partial charge in [0.15, 0.2) is 0 Å². The normalized spacial score (nSPS) is 12.7. The molecule has 0 spiro atoms. The van der Waals surface area contributed by atoms with Crippen molar-refractivity contribution >= 4 is 23.3 Å². The van der Waals surface area contributed by atoms with Gasteiger partial charge in [0.25, 0.3) is 0 Å². The Hall–Kier alpha value is -0.730. The number of hydrogen-bond donors (Lipinski definition) is 0. The van der Waals surface area contributed by atoms with Crippen molar-refractivity contribution in [2.45, 2.75) is 47.0 Å². The first kappa shape index (κ1) is 16.3. The van der Waals surface area contributed by atoms with Crippen LogP contribution in [0.5, 0.6) is 0 Å². The molecule has 98 valence electrons. The Labute approximate surface area is 110 Å². The zero-order chi connectivity index (χ0) is 13.3. The largest absolute Gasteiger partial charge is 0.463 e. The molecule has 17 heavy (non-hydrogen) atoms. The second kappa shape index (κ2) is 8.37. The van der Waals surface area contributed by atoms with Crippen LogP contribution >= 0.6 is 12.2 Å². The van der Waals surface area contributed by atoms with Crippen molar-refractivity contribution in [1.82, 2.24) is 0 Å². The highest BCUT2D eigenvalue weighted by Crippen LogP contribution is 2.27. The van der Waals surface area contributed by atoms with E-state index in [4.69, 9.17) is 4.74 Å². The molecule has 1 unspecified atom stereocenters. The predicted molar refractivity (Wildman–Crippen MR) is 73.3 cm³/mol. The molecule has 3 nitrogen and oxygen atoms in total. The van der Waals surface area contributed by atoms with Gasteiger partial charge in [-0.1, -0.05) is 34.1 Å². The van der Waals surface area contributed by atoms with Crippen molar-refractivity contribution in [2.75, 3.05) is 13.2 Å². The number of carbonyl (C=O) groups excluding carboxylic acids is 1. The van der Waals surface area contributed by atoms with Gasteiger partial charge in [0.1, 0.15) is 6.61 Å². The van der Waals surface area contributed by atoms with Gasteiger partial charge in [-0.2, -0.15) is 0 Å². The molecule has 0 rings (SSSR count). The van der Waals surface area contributed by atoms with E-state index in [9.17, 15) is 4.79 Å². The monoisotopic (exact) mass is 257 g/mol. The molecule has 0 saturated heterocycles. The zero-order valence-electron chi connectivity index (χ0n) is 11.3. The summed E-state index contributed by atoms with van der Waals surface area (Å²) in [6.07, 6.45) is 2.73. The topological polar surface area (TPSA) is 38.7 Å². The van der Waals surface area contributed by atoms with Gasteiger partial charge in [-0.05, 0) is 30.5 Å². The van der Waals surface area contributed by atoms with Gasteiger partial charge in [0.05, 0.1) is 17.6 Å². The van der Waals surface area contributed by atoms with E-state index in [0.29, 0.717) is 13.2 Å². The van der Waals surface area contributed by atoms with Gasteiger partial charge in [0, 0.05) is 0 Å². The van der Waals surface area contributed by atoms with E-state index >= 15 is 0 Å². The molecule has 0 aromatic carbocycles. The number of carbonyl (C=O) groups is 1. The molecular formula is C13H23NO2S. The van der Waals surface area contributed by atoms with E-state index in [1.807, 2.05) is 0 Å². The highest BCUT2D eigenvalue weighted by molar-refractivity contribution is 7.78. The van der Waals surface area contributed by atoms with Gasteiger partial charge in [-0.15, -0.1) is 0 Å². The summed E-state index contributed by atoms with van der Waals surface area (Å²) in [4.78, 5) is 15.6. The van der Waals surface area contributed by atoms with E-state index in [1.165, 1.54) is 0 Å². The molecule has 0 bridgehead atoms. The minimum atomic E-state index is -0.110. The van der Waals surface area contributed by atoms with Gasteiger partial charge in [-0.25, -0.2) is 4.99 Å². The highest BCUT2D eigenvalue weighted by atomic mass is 32.1. The second-order valence-electron chi connectivity index (χ2n) is 5.39. The number of rotatable bonds is 7. The maximum absolute atomic E-state index is 11.9. The summed E-state index contributed by atoms with van der Waals surface area (Å²) in [6, 6.07) is 0. The van der Waals surface area contributed by atoms with Crippen LogP contribution in [-0.4, -0.2) is 24.3 Å². The van der Waals surface area contributed by atoms with E-state index in [2.05, 4.69) is 50.1 Å². The highest BCUT2D eigenvalue weighted by Gasteiger charge is 2.25. The lowest BCUT2D eigenvalue weighted by Crippen LogP contribution is -2.24. The maximum atomic E-state index is 11.9. The number of hydrogen-bond acceptors (Lipinski definition) is 4. The SMILES string of the molecule is CCCC(CC(C)(C)C)C(=O)OCCN=C=S. The molecule has 0 N–H and O–H groups in total.